The summed E-state index contributed by atoms with van der Waals surface area (Å²) >= 11 is 6.13. The second-order valence-electron chi connectivity index (χ2n) is 2.88. The van der Waals surface area contributed by atoms with E-state index in [1.54, 1.807) is 10.6 Å². The summed E-state index contributed by atoms with van der Waals surface area (Å²) in [5.41, 5.74) is 7.59. The fourth-order valence-corrected chi connectivity index (χ4v) is 1.74. The number of aromatic nitrogens is 2. The number of rotatable bonds is 1. The molecule has 2 heterocycles. The molecular weight excluding hydrogens is 186 g/mol. The van der Waals surface area contributed by atoms with Gasteiger partial charge in [-0.3, -0.25) is 4.40 Å². The first-order valence-corrected chi connectivity index (χ1v) is 4.52. The normalized spacial score (nSPS) is 10.9. The molecule has 0 radical (unpaired) electrons. The van der Waals surface area contributed by atoms with E-state index in [1.165, 1.54) is 0 Å². The molecule has 2 aromatic heterocycles. The highest BCUT2D eigenvalue weighted by Crippen LogP contribution is 2.21. The molecule has 0 aliphatic heterocycles. The van der Waals surface area contributed by atoms with Crippen molar-refractivity contribution in [3.8, 4) is 0 Å². The zero-order valence-electron chi connectivity index (χ0n) is 7.29. The van der Waals surface area contributed by atoms with Gasteiger partial charge in [0, 0.05) is 0 Å². The van der Waals surface area contributed by atoms with Gasteiger partial charge in [-0.05, 0) is 18.1 Å². The topological polar surface area (TPSA) is 43.3 Å². The Kier molecular flexibility index (Phi) is 1.88. The molecule has 0 atom stereocenters. The number of nitrogens with zero attached hydrogens (tertiary/aromatic N) is 2. The highest BCUT2D eigenvalue weighted by atomic mass is 35.5. The molecular formula is C9H10ClN3. The van der Waals surface area contributed by atoms with E-state index < -0.39 is 0 Å². The summed E-state index contributed by atoms with van der Waals surface area (Å²) in [5.74, 6) is 0.579. The Hall–Kier alpha value is -1.22. The van der Waals surface area contributed by atoms with Crippen LogP contribution >= 0.6 is 11.6 Å². The van der Waals surface area contributed by atoms with E-state index in [1.807, 2.05) is 12.1 Å². The van der Waals surface area contributed by atoms with Crippen molar-refractivity contribution in [1.82, 2.24) is 9.38 Å². The van der Waals surface area contributed by atoms with Gasteiger partial charge in [0.1, 0.15) is 16.6 Å². The molecule has 0 fully saturated rings. The van der Waals surface area contributed by atoms with Crippen LogP contribution in [-0.2, 0) is 6.42 Å². The van der Waals surface area contributed by atoms with Crippen molar-refractivity contribution >= 4 is 23.1 Å². The lowest BCUT2D eigenvalue weighted by atomic mass is 10.2. The SMILES string of the molecule is CCc1ccc2ncc(N)n2c1Cl. The van der Waals surface area contributed by atoms with Crippen molar-refractivity contribution in [2.45, 2.75) is 13.3 Å². The summed E-state index contributed by atoms with van der Waals surface area (Å²) in [7, 11) is 0. The molecule has 68 valence electrons. The number of hydrogen-bond donors (Lipinski definition) is 1. The second-order valence-corrected chi connectivity index (χ2v) is 3.24. The van der Waals surface area contributed by atoms with E-state index in [4.69, 9.17) is 17.3 Å². The predicted octanol–water partition coefficient (Wildman–Crippen LogP) is 2.13. The minimum absolute atomic E-state index is 0.579. The van der Waals surface area contributed by atoms with Gasteiger partial charge in [0.2, 0.25) is 0 Å². The Morgan fingerprint density at radius 1 is 1.54 bits per heavy atom. The van der Waals surface area contributed by atoms with Crippen molar-refractivity contribution < 1.29 is 0 Å². The summed E-state index contributed by atoms with van der Waals surface area (Å²) < 4.78 is 1.75. The molecule has 0 saturated heterocycles. The van der Waals surface area contributed by atoms with Crippen molar-refractivity contribution in [2.75, 3.05) is 5.73 Å². The number of aryl methyl sites for hydroxylation is 1. The van der Waals surface area contributed by atoms with Gasteiger partial charge in [-0.15, -0.1) is 0 Å². The number of hydrogen-bond acceptors (Lipinski definition) is 2. The largest absolute Gasteiger partial charge is 0.383 e. The van der Waals surface area contributed by atoms with Crippen molar-refractivity contribution in [2.24, 2.45) is 0 Å². The number of fused-ring (bicyclic) bond motifs is 1. The lowest BCUT2D eigenvalue weighted by Crippen LogP contribution is -1.97. The quantitative estimate of drug-likeness (QED) is 0.709. The Morgan fingerprint density at radius 2 is 2.31 bits per heavy atom. The Bertz CT molecular complexity index is 447. The fourth-order valence-electron chi connectivity index (χ4n) is 1.36. The Morgan fingerprint density at radius 3 is 3.00 bits per heavy atom. The average molecular weight is 196 g/mol. The third-order valence-corrected chi connectivity index (χ3v) is 2.50. The van der Waals surface area contributed by atoms with Gasteiger partial charge in [0.25, 0.3) is 0 Å². The van der Waals surface area contributed by atoms with E-state index in [9.17, 15) is 0 Å². The van der Waals surface area contributed by atoms with E-state index >= 15 is 0 Å². The Labute approximate surface area is 81.1 Å². The number of pyridine rings is 1. The predicted molar refractivity (Wildman–Crippen MR) is 54.0 cm³/mol. The molecule has 3 nitrogen and oxygen atoms in total. The highest BCUT2D eigenvalue weighted by molar-refractivity contribution is 6.30. The minimum Gasteiger partial charge on any atom is -0.383 e. The maximum Gasteiger partial charge on any atom is 0.139 e. The number of anilines is 1. The molecule has 0 amide bonds. The van der Waals surface area contributed by atoms with Gasteiger partial charge in [-0.25, -0.2) is 4.98 Å². The Balaban J connectivity index is 2.83. The van der Waals surface area contributed by atoms with Crippen molar-refractivity contribution in [1.29, 1.82) is 0 Å². The first-order chi connectivity index (χ1) is 6.24. The summed E-state index contributed by atoms with van der Waals surface area (Å²) in [6.45, 7) is 2.06. The van der Waals surface area contributed by atoms with Crippen LogP contribution in [0.4, 0.5) is 5.82 Å². The van der Waals surface area contributed by atoms with Crippen LogP contribution in [0.15, 0.2) is 18.3 Å². The van der Waals surface area contributed by atoms with Gasteiger partial charge in [0.05, 0.1) is 6.20 Å². The lowest BCUT2D eigenvalue weighted by molar-refractivity contribution is 1.07. The van der Waals surface area contributed by atoms with Crippen LogP contribution in [0.3, 0.4) is 0 Å². The summed E-state index contributed by atoms with van der Waals surface area (Å²) in [6.07, 6.45) is 2.51. The monoisotopic (exact) mass is 195 g/mol. The lowest BCUT2D eigenvalue weighted by Gasteiger charge is -2.04. The van der Waals surface area contributed by atoms with Crippen LogP contribution in [0.1, 0.15) is 12.5 Å². The van der Waals surface area contributed by atoms with Crippen LogP contribution in [0.5, 0.6) is 0 Å². The zero-order valence-corrected chi connectivity index (χ0v) is 8.04. The van der Waals surface area contributed by atoms with Crippen molar-refractivity contribution in [3.05, 3.63) is 29.0 Å². The minimum atomic E-state index is 0.579. The molecule has 0 aliphatic rings. The summed E-state index contributed by atoms with van der Waals surface area (Å²) in [5, 5.41) is 0.662. The molecule has 0 aliphatic carbocycles. The van der Waals surface area contributed by atoms with Gasteiger partial charge < -0.3 is 5.73 Å². The zero-order chi connectivity index (χ0) is 9.42. The van der Waals surface area contributed by atoms with E-state index in [0.29, 0.717) is 11.0 Å². The first-order valence-electron chi connectivity index (χ1n) is 4.14. The molecule has 0 aromatic carbocycles. The number of halogens is 1. The van der Waals surface area contributed by atoms with Gasteiger partial charge in [0.15, 0.2) is 0 Å². The van der Waals surface area contributed by atoms with Crippen LogP contribution < -0.4 is 5.73 Å². The standard InChI is InChI=1S/C9H10ClN3/c1-2-6-3-4-8-12-5-7(11)13(8)9(6)10/h3-5H,2,11H2,1H3. The summed E-state index contributed by atoms with van der Waals surface area (Å²) in [6, 6.07) is 3.89. The van der Waals surface area contributed by atoms with Gasteiger partial charge >= 0.3 is 0 Å². The number of imidazole rings is 1. The fraction of sp³-hybridized carbons (Fsp3) is 0.222. The molecule has 0 spiro atoms. The van der Waals surface area contributed by atoms with Crippen LogP contribution in [-0.4, -0.2) is 9.38 Å². The molecule has 0 bridgehead atoms. The number of nitrogen functional groups attached to an aromatic ring is 1. The molecule has 2 rings (SSSR count). The maximum absolute atomic E-state index is 6.13. The maximum atomic E-state index is 6.13. The highest BCUT2D eigenvalue weighted by Gasteiger charge is 2.06. The first kappa shape index (κ1) is 8.38. The van der Waals surface area contributed by atoms with E-state index in [-0.39, 0.29) is 0 Å². The van der Waals surface area contributed by atoms with E-state index in [2.05, 4.69) is 11.9 Å². The summed E-state index contributed by atoms with van der Waals surface area (Å²) in [4.78, 5) is 4.11. The van der Waals surface area contributed by atoms with Gasteiger partial charge in [-0.2, -0.15) is 0 Å². The number of nitrogens with two attached hydrogens (primary N) is 1. The van der Waals surface area contributed by atoms with Crippen LogP contribution in [0.25, 0.3) is 5.65 Å². The van der Waals surface area contributed by atoms with Gasteiger partial charge in [-0.1, -0.05) is 24.6 Å². The third-order valence-electron chi connectivity index (χ3n) is 2.09. The van der Waals surface area contributed by atoms with Crippen molar-refractivity contribution in [3.63, 3.8) is 0 Å². The third kappa shape index (κ3) is 1.16. The molecule has 0 unspecified atom stereocenters. The molecule has 2 aromatic rings. The van der Waals surface area contributed by atoms with E-state index in [0.717, 1.165) is 17.6 Å². The molecule has 4 heteroatoms. The average Bonchev–Trinajstić information content (AvgIpc) is 2.49. The molecule has 0 saturated carbocycles. The van der Waals surface area contributed by atoms with Crippen LogP contribution in [0.2, 0.25) is 5.15 Å². The molecule has 2 N–H and O–H groups in total. The molecule has 13 heavy (non-hydrogen) atoms. The second kappa shape index (κ2) is 2.92. The smallest absolute Gasteiger partial charge is 0.139 e. The van der Waals surface area contributed by atoms with Crippen LogP contribution in [0, 0.1) is 0 Å².